The molecule has 2 rings (SSSR count). The van der Waals surface area contributed by atoms with E-state index in [1.807, 2.05) is 0 Å². The van der Waals surface area contributed by atoms with E-state index in [4.69, 9.17) is 5.73 Å². The van der Waals surface area contributed by atoms with Crippen LogP contribution >= 0.6 is 0 Å². The van der Waals surface area contributed by atoms with Crippen LogP contribution in [0.4, 0.5) is 13.2 Å². The Bertz CT molecular complexity index is 564. The number of aliphatic imine (C=N–C) groups is 1. The summed E-state index contributed by atoms with van der Waals surface area (Å²) in [7, 11) is 0. The van der Waals surface area contributed by atoms with Gasteiger partial charge in [-0.25, -0.2) is 0 Å². The Labute approximate surface area is 106 Å². The second-order valence-electron chi connectivity index (χ2n) is 3.92. The average molecular weight is 269 g/mol. The highest BCUT2D eigenvalue weighted by atomic mass is 19.4. The van der Waals surface area contributed by atoms with Crippen LogP contribution in [0.5, 0.6) is 0 Å². The van der Waals surface area contributed by atoms with E-state index in [1.54, 1.807) is 0 Å². The monoisotopic (exact) mass is 269 g/mol. The molecule has 4 nitrogen and oxygen atoms in total. The molecule has 1 amide bonds. The fourth-order valence-corrected chi connectivity index (χ4v) is 1.76. The van der Waals surface area contributed by atoms with Crippen LogP contribution in [0.1, 0.15) is 17.2 Å². The summed E-state index contributed by atoms with van der Waals surface area (Å²) in [5.41, 5.74) is 4.61. The molecule has 1 aliphatic heterocycles. The molecule has 1 atom stereocenters. The number of nitrogens with zero attached hydrogens (tertiary/aromatic N) is 1. The number of carbonyl (C=O) groups is 1. The summed E-state index contributed by atoms with van der Waals surface area (Å²) in [6, 6.07) is 3.91. The Morgan fingerprint density at radius 1 is 1.37 bits per heavy atom. The lowest BCUT2D eigenvalue weighted by Crippen LogP contribution is -2.36. The van der Waals surface area contributed by atoms with Gasteiger partial charge in [-0.05, 0) is 17.7 Å². The van der Waals surface area contributed by atoms with Crippen LogP contribution in [0.3, 0.4) is 0 Å². The molecule has 3 N–H and O–H groups in total. The number of nitrogens with two attached hydrogens (primary N) is 1. The summed E-state index contributed by atoms with van der Waals surface area (Å²) < 4.78 is 37.9. The van der Waals surface area contributed by atoms with Gasteiger partial charge in [-0.15, -0.1) is 0 Å². The maximum Gasteiger partial charge on any atom is 0.416 e. The summed E-state index contributed by atoms with van der Waals surface area (Å²) in [6.07, 6.45) is -1.67. The highest BCUT2D eigenvalue weighted by molar-refractivity contribution is 6.40. The molecular weight excluding hydrogens is 259 g/mol. The van der Waals surface area contributed by atoms with Crippen molar-refractivity contribution in [3.05, 3.63) is 47.8 Å². The van der Waals surface area contributed by atoms with Crippen molar-refractivity contribution in [2.45, 2.75) is 12.2 Å². The lowest BCUT2D eigenvalue weighted by molar-refractivity contribution is -0.137. The minimum absolute atomic E-state index is 0.0261. The van der Waals surface area contributed by atoms with Gasteiger partial charge >= 0.3 is 6.18 Å². The van der Waals surface area contributed by atoms with E-state index in [1.165, 1.54) is 24.5 Å². The minimum Gasteiger partial charge on any atom is -0.377 e. The summed E-state index contributed by atoms with van der Waals surface area (Å²) in [4.78, 5) is 15.0. The Hall–Kier alpha value is -2.31. The van der Waals surface area contributed by atoms with Crippen molar-refractivity contribution in [2.75, 3.05) is 0 Å². The fourth-order valence-electron chi connectivity index (χ4n) is 1.76. The largest absolute Gasteiger partial charge is 0.416 e. The van der Waals surface area contributed by atoms with Gasteiger partial charge in [0, 0.05) is 12.4 Å². The fraction of sp³-hybridized carbons (Fsp3) is 0.167. The van der Waals surface area contributed by atoms with Crippen molar-refractivity contribution in [3.8, 4) is 0 Å². The number of carbonyl (C=O) groups excluding carboxylic acids is 1. The van der Waals surface area contributed by atoms with E-state index in [-0.39, 0.29) is 11.3 Å². The van der Waals surface area contributed by atoms with Crippen LogP contribution in [0, 0.1) is 0 Å². The Balaban J connectivity index is 2.40. The molecule has 0 saturated heterocycles. The van der Waals surface area contributed by atoms with Gasteiger partial charge in [0.05, 0.1) is 11.6 Å². The number of rotatable bonds is 2. The van der Waals surface area contributed by atoms with E-state index < -0.39 is 23.7 Å². The van der Waals surface area contributed by atoms with Gasteiger partial charge in [-0.2, -0.15) is 13.2 Å². The van der Waals surface area contributed by atoms with E-state index in [9.17, 15) is 18.0 Å². The lowest BCUT2D eigenvalue weighted by atomic mass is 9.98. The average Bonchev–Trinajstić information content (AvgIpc) is 2.38. The summed E-state index contributed by atoms with van der Waals surface area (Å²) in [5, 5.41) is 2.77. The number of primary amides is 1. The van der Waals surface area contributed by atoms with E-state index in [2.05, 4.69) is 10.3 Å². The van der Waals surface area contributed by atoms with Gasteiger partial charge in [0.25, 0.3) is 5.91 Å². The van der Waals surface area contributed by atoms with Gasteiger partial charge in [0.15, 0.2) is 0 Å². The smallest absolute Gasteiger partial charge is 0.377 e. The second kappa shape index (κ2) is 4.75. The van der Waals surface area contributed by atoms with E-state index >= 15 is 0 Å². The van der Waals surface area contributed by atoms with Crippen LogP contribution in [0.2, 0.25) is 0 Å². The molecule has 0 saturated carbocycles. The molecular formula is C12H10F3N3O. The first-order valence-corrected chi connectivity index (χ1v) is 5.35. The zero-order chi connectivity index (χ0) is 14.0. The van der Waals surface area contributed by atoms with Crippen LogP contribution in [0.25, 0.3) is 0 Å². The number of benzene rings is 1. The SMILES string of the molecule is NC(=O)C1=NC=CNC1c1cccc(C(F)(F)F)c1. The summed E-state index contributed by atoms with van der Waals surface area (Å²) in [6.45, 7) is 0. The molecule has 0 radical (unpaired) electrons. The standard InChI is InChI=1S/C12H10F3N3O/c13-12(14,15)8-3-1-2-7(6-8)9-10(11(16)19)18-5-4-17-9/h1-6,9,17H,(H2,16,19). The van der Waals surface area contributed by atoms with Crippen molar-refractivity contribution in [1.82, 2.24) is 5.32 Å². The highest BCUT2D eigenvalue weighted by Crippen LogP contribution is 2.31. The van der Waals surface area contributed by atoms with Crippen molar-refractivity contribution >= 4 is 11.6 Å². The molecule has 1 aromatic carbocycles. The predicted octanol–water partition coefficient (Wildman–Crippen LogP) is 1.75. The van der Waals surface area contributed by atoms with Crippen LogP contribution in [-0.2, 0) is 11.0 Å². The van der Waals surface area contributed by atoms with Gasteiger partial charge in [0.2, 0.25) is 0 Å². The number of amides is 1. The molecule has 1 aliphatic rings. The van der Waals surface area contributed by atoms with Crippen LogP contribution in [-0.4, -0.2) is 11.6 Å². The zero-order valence-electron chi connectivity index (χ0n) is 9.61. The topological polar surface area (TPSA) is 67.5 Å². The molecule has 0 spiro atoms. The molecule has 1 aromatic rings. The van der Waals surface area contributed by atoms with Gasteiger partial charge < -0.3 is 11.1 Å². The normalized spacial score (nSPS) is 18.7. The lowest BCUT2D eigenvalue weighted by Gasteiger charge is -2.21. The first-order valence-electron chi connectivity index (χ1n) is 5.35. The van der Waals surface area contributed by atoms with Gasteiger partial charge in [-0.1, -0.05) is 12.1 Å². The highest BCUT2D eigenvalue weighted by Gasteiger charge is 2.32. The molecule has 19 heavy (non-hydrogen) atoms. The second-order valence-corrected chi connectivity index (χ2v) is 3.92. The number of nitrogens with one attached hydrogen (secondary N) is 1. The Kier molecular flexibility index (Phi) is 3.28. The van der Waals surface area contributed by atoms with Gasteiger partial charge in [0.1, 0.15) is 5.71 Å². The van der Waals surface area contributed by atoms with Crippen molar-refractivity contribution in [1.29, 1.82) is 0 Å². The molecule has 1 heterocycles. The van der Waals surface area contributed by atoms with Gasteiger partial charge in [-0.3, -0.25) is 9.79 Å². The maximum atomic E-state index is 12.6. The van der Waals surface area contributed by atoms with Crippen molar-refractivity contribution < 1.29 is 18.0 Å². The first kappa shape index (κ1) is 13.1. The third-order valence-electron chi connectivity index (χ3n) is 2.62. The molecule has 0 aliphatic carbocycles. The zero-order valence-corrected chi connectivity index (χ0v) is 9.61. The van der Waals surface area contributed by atoms with Crippen molar-refractivity contribution in [3.63, 3.8) is 0 Å². The predicted molar refractivity (Wildman–Crippen MR) is 63.1 cm³/mol. The molecule has 0 fully saturated rings. The van der Waals surface area contributed by atoms with E-state index in [0.29, 0.717) is 0 Å². The van der Waals surface area contributed by atoms with E-state index in [0.717, 1.165) is 12.1 Å². The first-order chi connectivity index (χ1) is 8.89. The number of halogens is 3. The number of alkyl halides is 3. The minimum atomic E-state index is -4.44. The quantitative estimate of drug-likeness (QED) is 0.858. The molecule has 0 aromatic heterocycles. The third-order valence-corrected chi connectivity index (χ3v) is 2.62. The summed E-state index contributed by atoms with van der Waals surface area (Å²) in [5.74, 6) is -0.778. The maximum absolute atomic E-state index is 12.6. The molecule has 7 heteroatoms. The molecule has 1 unspecified atom stereocenters. The third kappa shape index (κ3) is 2.75. The number of hydrogen-bond acceptors (Lipinski definition) is 3. The molecule has 100 valence electrons. The summed E-state index contributed by atoms with van der Waals surface area (Å²) >= 11 is 0. The van der Waals surface area contributed by atoms with Crippen molar-refractivity contribution in [2.24, 2.45) is 10.7 Å². The molecule has 0 bridgehead atoms. The Morgan fingerprint density at radius 2 is 2.11 bits per heavy atom. The van der Waals surface area contributed by atoms with Crippen LogP contribution < -0.4 is 11.1 Å². The van der Waals surface area contributed by atoms with Crippen LogP contribution in [0.15, 0.2) is 41.7 Å². The Morgan fingerprint density at radius 3 is 2.74 bits per heavy atom. The number of hydrogen-bond donors (Lipinski definition) is 2.